The number of carbonyl (C=O) groups is 1. The second-order valence-corrected chi connectivity index (χ2v) is 9.40. The van der Waals surface area contributed by atoms with Crippen LogP contribution >= 0.6 is 0 Å². The summed E-state index contributed by atoms with van der Waals surface area (Å²) in [5, 5.41) is 10.5. The van der Waals surface area contributed by atoms with Crippen molar-refractivity contribution in [3.05, 3.63) is 54.1 Å². The van der Waals surface area contributed by atoms with Crippen LogP contribution in [0.2, 0.25) is 0 Å². The maximum atomic E-state index is 12.3. The summed E-state index contributed by atoms with van der Waals surface area (Å²) in [7, 11) is 0. The summed E-state index contributed by atoms with van der Waals surface area (Å²) in [6, 6.07) is 15.1. The summed E-state index contributed by atoms with van der Waals surface area (Å²) in [4.78, 5) is 12.3. The Kier molecular flexibility index (Phi) is 3.31. The molecular weight excluding hydrogens is 368 g/mol. The zero-order valence-corrected chi connectivity index (χ0v) is 16.4. The molecule has 5 atom stereocenters. The Balaban J connectivity index is 1.02. The maximum Gasteiger partial charge on any atom is 0.344 e. The van der Waals surface area contributed by atoms with Crippen LogP contribution in [0.1, 0.15) is 31.2 Å². The van der Waals surface area contributed by atoms with E-state index in [1.165, 1.54) is 5.56 Å². The second kappa shape index (κ2) is 5.54. The largest absolute Gasteiger partial charge is 0.482 e. The average Bonchev–Trinajstić information content (AvgIpc) is 3.23. The van der Waals surface area contributed by atoms with Crippen molar-refractivity contribution < 1.29 is 24.1 Å². The van der Waals surface area contributed by atoms with Gasteiger partial charge in [-0.15, -0.1) is 0 Å². The first-order chi connectivity index (χ1) is 13.9. The third-order valence-corrected chi connectivity index (χ3v) is 7.62. The van der Waals surface area contributed by atoms with Gasteiger partial charge in [-0.25, -0.2) is 4.79 Å². The lowest BCUT2D eigenvalue weighted by Crippen LogP contribution is -2.68. The van der Waals surface area contributed by atoms with Gasteiger partial charge < -0.3 is 19.3 Å². The zero-order chi connectivity index (χ0) is 19.9. The fraction of sp³-hybridized carbons (Fsp3) is 0.458. The summed E-state index contributed by atoms with van der Waals surface area (Å²) in [6.07, 6.45) is 3.52. The van der Waals surface area contributed by atoms with Crippen molar-refractivity contribution in [2.24, 2.45) is 17.3 Å². The van der Waals surface area contributed by atoms with Gasteiger partial charge in [0.25, 0.3) is 0 Å². The van der Waals surface area contributed by atoms with Crippen LogP contribution in [0.5, 0.6) is 17.2 Å². The van der Waals surface area contributed by atoms with E-state index in [-0.39, 0.29) is 23.6 Å². The van der Waals surface area contributed by atoms with Gasteiger partial charge in [0.05, 0.1) is 5.60 Å². The summed E-state index contributed by atoms with van der Waals surface area (Å²) in [6.45, 7) is 1.93. The van der Waals surface area contributed by atoms with Crippen molar-refractivity contribution in [3.63, 3.8) is 0 Å². The summed E-state index contributed by atoms with van der Waals surface area (Å²) < 4.78 is 17.2. The third kappa shape index (κ3) is 2.40. The van der Waals surface area contributed by atoms with E-state index in [9.17, 15) is 9.90 Å². The molecule has 6 rings (SSSR count). The van der Waals surface area contributed by atoms with Crippen molar-refractivity contribution in [2.75, 3.05) is 6.61 Å². The van der Waals surface area contributed by atoms with Gasteiger partial charge in [-0.3, -0.25) is 0 Å². The molecule has 0 bridgehead atoms. The standard InChI is InChI=1S/C24H24O5/c1-15-2-4-18(5-3-15)28-19-8-6-17(7-9-19)27-12-20(25)29-23-10-16-11-24(26)14-22(24,13-23)21(16)23/h2-9,16,21,26H,10-14H2,1H3. The first-order valence-corrected chi connectivity index (χ1v) is 10.3. The number of hydrogen-bond acceptors (Lipinski definition) is 5. The van der Waals surface area contributed by atoms with Crippen molar-refractivity contribution in [3.8, 4) is 17.2 Å². The number of aryl methyl sites for hydroxylation is 1. The minimum absolute atomic E-state index is 0.0737. The summed E-state index contributed by atoms with van der Waals surface area (Å²) in [5.74, 6) is 2.68. The molecule has 2 aromatic rings. The number of aliphatic hydroxyl groups is 1. The van der Waals surface area contributed by atoms with E-state index < -0.39 is 5.60 Å². The predicted molar refractivity (Wildman–Crippen MR) is 105 cm³/mol. The Morgan fingerprint density at radius 2 is 1.66 bits per heavy atom. The number of benzene rings is 2. The molecule has 5 nitrogen and oxygen atoms in total. The Morgan fingerprint density at radius 3 is 2.34 bits per heavy atom. The normalized spacial score (nSPS) is 37.4. The maximum absolute atomic E-state index is 12.3. The molecule has 4 fully saturated rings. The lowest BCUT2D eigenvalue weighted by molar-refractivity contribution is -0.260. The minimum atomic E-state index is -0.451. The Morgan fingerprint density at radius 1 is 1.00 bits per heavy atom. The molecule has 5 heteroatoms. The quantitative estimate of drug-likeness (QED) is 0.753. The number of carbonyl (C=O) groups excluding carboxylic acids is 1. The van der Waals surface area contributed by atoms with Crippen LogP contribution in [0.15, 0.2) is 48.5 Å². The van der Waals surface area contributed by atoms with E-state index in [1.54, 1.807) is 12.1 Å². The molecule has 1 N–H and O–H groups in total. The van der Waals surface area contributed by atoms with Crippen LogP contribution in [-0.2, 0) is 9.53 Å². The average molecular weight is 392 g/mol. The molecule has 0 radical (unpaired) electrons. The van der Waals surface area contributed by atoms with Gasteiger partial charge in [0.15, 0.2) is 6.61 Å². The Labute approximate surface area is 169 Å². The van der Waals surface area contributed by atoms with Crippen molar-refractivity contribution in [2.45, 2.75) is 43.8 Å². The Hall–Kier alpha value is -2.53. The van der Waals surface area contributed by atoms with E-state index in [0.717, 1.165) is 31.4 Å². The molecule has 4 aliphatic rings. The highest BCUT2D eigenvalue weighted by molar-refractivity contribution is 5.72. The SMILES string of the molecule is Cc1ccc(Oc2ccc(OCC(=O)OC34CC5CC6(O)CC6(C3)C54)cc2)cc1. The van der Waals surface area contributed by atoms with E-state index in [1.807, 2.05) is 43.3 Å². The molecule has 2 aromatic carbocycles. The topological polar surface area (TPSA) is 65.0 Å². The highest BCUT2D eigenvalue weighted by Crippen LogP contribution is 2.89. The van der Waals surface area contributed by atoms with E-state index in [2.05, 4.69) is 0 Å². The minimum Gasteiger partial charge on any atom is -0.482 e. The summed E-state index contributed by atoms with van der Waals surface area (Å²) in [5.41, 5.74) is 0.485. The van der Waals surface area contributed by atoms with Gasteiger partial charge in [0.2, 0.25) is 0 Å². The highest BCUT2D eigenvalue weighted by atomic mass is 16.6. The van der Waals surface area contributed by atoms with Crippen molar-refractivity contribution in [1.82, 2.24) is 0 Å². The van der Waals surface area contributed by atoms with Gasteiger partial charge in [-0.1, -0.05) is 17.7 Å². The molecule has 1 spiro atoms. The van der Waals surface area contributed by atoms with Gasteiger partial charge in [0, 0.05) is 11.3 Å². The van der Waals surface area contributed by atoms with E-state index >= 15 is 0 Å². The number of ether oxygens (including phenoxy) is 3. The zero-order valence-electron chi connectivity index (χ0n) is 16.4. The van der Waals surface area contributed by atoms with Crippen LogP contribution in [0.4, 0.5) is 0 Å². The molecular formula is C24H24O5. The highest BCUT2D eigenvalue weighted by Gasteiger charge is 2.92. The number of rotatable bonds is 6. The van der Waals surface area contributed by atoms with Crippen LogP contribution < -0.4 is 9.47 Å². The van der Waals surface area contributed by atoms with Crippen LogP contribution in [0.3, 0.4) is 0 Å². The van der Waals surface area contributed by atoms with Gasteiger partial charge in [-0.05, 0) is 74.9 Å². The first-order valence-electron chi connectivity index (χ1n) is 10.3. The summed E-state index contributed by atoms with van der Waals surface area (Å²) >= 11 is 0. The van der Waals surface area contributed by atoms with Gasteiger partial charge >= 0.3 is 5.97 Å². The van der Waals surface area contributed by atoms with Crippen LogP contribution in [0, 0.1) is 24.2 Å². The lowest BCUT2D eigenvalue weighted by Gasteiger charge is -2.64. The van der Waals surface area contributed by atoms with Gasteiger partial charge in [-0.2, -0.15) is 0 Å². The van der Waals surface area contributed by atoms with Crippen LogP contribution in [-0.4, -0.2) is 28.9 Å². The monoisotopic (exact) mass is 392 g/mol. The second-order valence-electron chi connectivity index (χ2n) is 9.40. The van der Waals surface area contributed by atoms with E-state index in [4.69, 9.17) is 14.2 Å². The fourth-order valence-electron chi connectivity index (χ4n) is 6.50. The van der Waals surface area contributed by atoms with Crippen molar-refractivity contribution >= 4 is 5.97 Å². The molecule has 0 saturated heterocycles. The molecule has 29 heavy (non-hydrogen) atoms. The fourth-order valence-corrected chi connectivity index (χ4v) is 6.50. The van der Waals surface area contributed by atoms with Gasteiger partial charge in [0.1, 0.15) is 22.8 Å². The van der Waals surface area contributed by atoms with Crippen molar-refractivity contribution in [1.29, 1.82) is 0 Å². The van der Waals surface area contributed by atoms with E-state index in [0.29, 0.717) is 23.3 Å². The molecule has 4 saturated carbocycles. The number of hydrogen-bond donors (Lipinski definition) is 1. The molecule has 0 aliphatic heterocycles. The lowest BCUT2D eigenvalue weighted by atomic mass is 9.45. The molecule has 0 heterocycles. The molecule has 150 valence electrons. The molecule has 0 amide bonds. The molecule has 5 unspecified atom stereocenters. The smallest absolute Gasteiger partial charge is 0.344 e. The number of esters is 1. The molecule has 4 aliphatic carbocycles. The van der Waals surface area contributed by atoms with Crippen LogP contribution in [0.25, 0.3) is 0 Å². The predicted octanol–water partition coefficient (Wildman–Crippen LogP) is 4.01. The Bertz CT molecular complexity index is 983. The first kappa shape index (κ1) is 17.3. The molecule has 0 aromatic heterocycles. The third-order valence-electron chi connectivity index (χ3n) is 7.62.